The predicted octanol–water partition coefficient (Wildman–Crippen LogP) is 3.57. The van der Waals surface area contributed by atoms with Crippen molar-refractivity contribution >= 4 is 15.9 Å². The average molecular weight is 405 g/mol. The Morgan fingerprint density at radius 3 is 2.29 bits per heavy atom. The summed E-state index contributed by atoms with van der Waals surface area (Å²) in [6.07, 6.45) is 0.596. The van der Waals surface area contributed by atoms with Crippen molar-refractivity contribution < 1.29 is 17.9 Å². The molecule has 2 rings (SSSR count). The van der Waals surface area contributed by atoms with Crippen LogP contribution in [0, 0.1) is 6.92 Å². The molecule has 2 aromatic rings. The molecule has 0 spiro atoms. The number of amides is 1. The maximum atomic E-state index is 13.0. The van der Waals surface area contributed by atoms with Crippen LogP contribution in [0.3, 0.4) is 0 Å². The highest BCUT2D eigenvalue weighted by molar-refractivity contribution is 7.89. The normalized spacial score (nSPS) is 12.6. The Labute approximate surface area is 167 Å². The molecule has 0 unspecified atom stereocenters. The Bertz CT molecular complexity index is 922. The van der Waals surface area contributed by atoms with E-state index >= 15 is 0 Å². The van der Waals surface area contributed by atoms with Crippen LogP contribution in [0.15, 0.2) is 47.4 Å². The van der Waals surface area contributed by atoms with E-state index in [1.165, 1.54) is 25.3 Å². The molecule has 0 radical (unpaired) electrons. The van der Waals surface area contributed by atoms with E-state index in [1.54, 1.807) is 0 Å². The quantitative estimate of drug-likeness (QED) is 0.704. The van der Waals surface area contributed by atoms with Gasteiger partial charge in [0.2, 0.25) is 10.0 Å². The molecule has 152 valence electrons. The number of aryl methyl sites for hydroxylation is 1. The summed E-state index contributed by atoms with van der Waals surface area (Å²) in [5.41, 5.74) is 2.18. The smallest absolute Gasteiger partial charge is 0.255 e. The lowest BCUT2D eigenvalue weighted by atomic mass is 10.0. The van der Waals surface area contributed by atoms with Crippen molar-refractivity contribution in [3.8, 4) is 5.75 Å². The number of nitrogens with one attached hydrogen (secondary N) is 2. The molecule has 28 heavy (non-hydrogen) atoms. The fourth-order valence-electron chi connectivity index (χ4n) is 2.81. The summed E-state index contributed by atoms with van der Waals surface area (Å²) in [4.78, 5) is 12.5. The summed E-state index contributed by atoms with van der Waals surface area (Å²) in [5.74, 6) is -0.0582. The number of hydrogen-bond acceptors (Lipinski definition) is 4. The van der Waals surface area contributed by atoms with Crippen LogP contribution in [-0.4, -0.2) is 27.5 Å². The predicted molar refractivity (Wildman–Crippen MR) is 110 cm³/mol. The van der Waals surface area contributed by atoms with Crippen molar-refractivity contribution in [2.24, 2.45) is 0 Å². The lowest BCUT2D eigenvalue weighted by molar-refractivity contribution is 0.0940. The van der Waals surface area contributed by atoms with E-state index < -0.39 is 10.0 Å². The first kappa shape index (κ1) is 21.9. The van der Waals surface area contributed by atoms with Gasteiger partial charge < -0.3 is 10.1 Å². The topological polar surface area (TPSA) is 84.5 Å². The van der Waals surface area contributed by atoms with E-state index in [1.807, 2.05) is 52.0 Å². The number of carbonyl (C=O) groups is 1. The first-order chi connectivity index (χ1) is 13.2. The summed E-state index contributed by atoms with van der Waals surface area (Å²) >= 11 is 0. The molecular weight excluding hydrogens is 376 g/mol. The van der Waals surface area contributed by atoms with Gasteiger partial charge in [0.05, 0.1) is 17.6 Å². The third-order valence-corrected chi connectivity index (χ3v) is 5.80. The van der Waals surface area contributed by atoms with Crippen LogP contribution in [-0.2, 0) is 10.0 Å². The van der Waals surface area contributed by atoms with Gasteiger partial charge in [-0.2, -0.15) is 0 Å². The van der Waals surface area contributed by atoms with Gasteiger partial charge in [0.25, 0.3) is 5.91 Å². The minimum absolute atomic E-state index is 0.0211. The van der Waals surface area contributed by atoms with Gasteiger partial charge >= 0.3 is 0 Å². The van der Waals surface area contributed by atoms with Crippen molar-refractivity contribution in [2.45, 2.75) is 51.1 Å². The zero-order chi connectivity index (χ0) is 20.9. The molecule has 0 bridgehead atoms. The molecule has 1 atom stereocenters. The molecule has 0 aliphatic heterocycles. The van der Waals surface area contributed by atoms with Crippen LogP contribution in [0.4, 0.5) is 0 Å². The molecule has 2 aromatic carbocycles. The van der Waals surface area contributed by atoms with Gasteiger partial charge in [0.1, 0.15) is 5.75 Å². The van der Waals surface area contributed by atoms with E-state index in [2.05, 4.69) is 10.0 Å². The molecule has 2 N–H and O–H groups in total. The van der Waals surface area contributed by atoms with Gasteiger partial charge in [0.15, 0.2) is 0 Å². The zero-order valence-corrected chi connectivity index (χ0v) is 17.8. The fraction of sp³-hybridized carbons (Fsp3) is 0.381. The van der Waals surface area contributed by atoms with Crippen LogP contribution in [0.1, 0.15) is 54.7 Å². The second-order valence-corrected chi connectivity index (χ2v) is 8.70. The first-order valence-electron chi connectivity index (χ1n) is 9.25. The Morgan fingerprint density at radius 2 is 1.75 bits per heavy atom. The van der Waals surface area contributed by atoms with E-state index in [9.17, 15) is 13.2 Å². The van der Waals surface area contributed by atoms with Crippen LogP contribution in [0.5, 0.6) is 5.75 Å². The maximum absolute atomic E-state index is 13.0. The molecule has 0 fully saturated rings. The SMILES string of the molecule is CC[C@H](NS(=O)(=O)c1ccc(OC)c(C(=O)NC(C)C)c1)c1ccc(C)cc1. The van der Waals surface area contributed by atoms with Crippen molar-refractivity contribution in [3.63, 3.8) is 0 Å². The maximum Gasteiger partial charge on any atom is 0.255 e. The third kappa shape index (κ3) is 5.33. The summed E-state index contributed by atoms with van der Waals surface area (Å²) in [7, 11) is -2.38. The second-order valence-electron chi connectivity index (χ2n) is 6.98. The van der Waals surface area contributed by atoms with Crippen molar-refractivity contribution in [3.05, 3.63) is 59.2 Å². The third-order valence-electron chi connectivity index (χ3n) is 4.33. The molecule has 0 heterocycles. The summed E-state index contributed by atoms with van der Waals surface area (Å²) < 4.78 is 33.9. The van der Waals surface area contributed by atoms with Crippen molar-refractivity contribution in [1.29, 1.82) is 0 Å². The average Bonchev–Trinajstić information content (AvgIpc) is 2.65. The van der Waals surface area contributed by atoms with Gasteiger partial charge in [-0.05, 0) is 51.0 Å². The van der Waals surface area contributed by atoms with E-state index in [-0.39, 0.29) is 28.4 Å². The van der Waals surface area contributed by atoms with Crippen LogP contribution in [0.2, 0.25) is 0 Å². The molecule has 7 heteroatoms. The molecule has 0 aliphatic carbocycles. The lowest BCUT2D eigenvalue weighted by Crippen LogP contribution is -2.31. The fourth-order valence-corrected chi connectivity index (χ4v) is 4.15. The van der Waals surface area contributed by atoms with Crippen LogP contribution >= 0.6 is 0 Å². The number of ether oxygens (including phenoxy) is 1. The summed E-state index contributed by atoms with van der Waals surface area (Å²) in [6, 6.07) is 11.6. The van der Waals surface area contributed by atoms with E-state index in [0.717, 1.165) is 11.1 Å². The molecular formula is C21H28N2O4S. The highest BCUT2D eigenvalue weighted by atomic mass is 32.2. The second kappa shape index (κ2) is 9.21. The number of sulfonamides is 1. The Hall–Kier alpha value is -2.38. The highest BCUT2D eigenvalue weighted by Gasteiger charge is 2.23. The van der Waals surface area contributed by atoms with E-state index in [0.29, 0.717) is 12.2 Å². The molecule has 0 aliphatic rings. The van der Waals surface area contributed by atoms with Gasteiger partial charge in [-0.1, -0.05) is 36.8 Å². The van der Waals surface area contributed by atoms with Gasteiger partial charge in [-0.3, -0.25) is 4.79 Å². The summed E-state index contributed by atoms with van der Waals surface area (Å²) in [6.45, 7) is 7.57. The Kier molecular flexibility index (Phi) is 7.21. The molecule has 0 aromatic heterocycles. The van der Waals surface area contributed by atoms with Crippen molar-refractivity contribution in [1.82, 2.24) is 10.0 Å². The molecule has 0 saturated heterocycles. The van der Waals surface area contributed by atoms with Gasteiger partial charge in [-0.15, -0.1) is 0 Å². The minimum atomic E-state index is -3.82. The van der Waals surface area contributed by atoms with Gasteiger partial charge in [-0.25, -0.2) is 13.1 Å². The first-order valence-corrected chi connectivity index (χ1v) is 10.7. The zero-order valence-electron chi connectivity index (χ0n) is 16.9. The van der Waals surface area contributed by atoms with Crippen molar-refractivity contribution in [2.75, 3.05) is 7.11 Å². The summed E-state index contributed by atoms with van der Waals surface area (Å²) in [5, 5.41) is 2.76. The minimum Gasteiger partial charge on any atom is -0.496 e. The number of methoxy groups -OCH3 is 1. The number of carbonyl (C=O) groups excluding carboxylic acids is 1. The Morgan fingerprint density at radius 1 is 1.11 bits per heavy atom. The standard InChI is InChI=1S/C21H28N2O4S/c1-6-19(16-9-7-15(4)8-10-16)23-28(25,26)17-11-12-20(27-5)18(13-17)21(24)22-14(2)3/h7-14,19,23H,6H2,1-5H3,(H,22,24)/t19-/m0/s1. The van der Waals surface area contributed by atoms with Gasteiger partial charge in [0, 0.05) is 12.1 Å². The van der Waals surface area contributed by atoms with E-state index in [4.69, 9.17) is 4.74 Å². The number of benzene rings is 2. The lowest BCUT2D eigenvalue weighted by Gasteiger charge is -2.19. The van der Waals surface area contributed by atoms with Crippen LogP contribution in [0.25, 0.3) is 0 Å². The highest BCUT2D eigenvalue weighted by Crippen LogP contribution is 2.25. The largest absolute Gasteiger partial charge is 0.496 e. The van der Waals surface area contributed by atoms with Crippen LogP contribution < -0.4 is 14.8 Å². The number of hydrogen-bond donors (Lipinski definition) is 2. The molecule has 0 saturated carbocycles. The molecule has 1 amide bonds. The monoisotopic (exact) mass is 404 g/mol. The number of rotatable bonds is 8. The molecule has 6 nitrogen and oxygen atoms in total. The Balaban J connectivity index is 2.36.